The van der Waals surface area contributed by atoms with Crippen molar-refractivity contribution in [2.75, 3.05) is 0 Å². The Morgan fingerprint density at radius 3 is 2.54 bits per heavy atom. The van der Waals surface area contributed by atoms with Crippen molar-refractivity contribution in [1.82, 2.24) is 9.88 Å². The molecule has 0 aliphatic carbocycles. The molecule has 0 fully saturated rings. The molecule has 28 heavy (non-hydrogen) atoms. The van der Waals surface area contributed by atoms with Crippen molar-refractivity contribution in [2.24, 2.45) is 0 Å². The number of amides is 1. The lowest BCUT2D eigenvalue weighted by Gasteiger charge is -2.27. The molecule has 5 heteroatoms. The maximum atomic E-state index is 13.0. The largest absolute Gasteiger partial charge is 0.503 e. The Hall–Kier alpha value is -2.92. The highest BCUT2D eigenvalue weighted by atomic mass is 79.9. The van der Waals surface area contributed by atoms with Gasteiger partial charge in [0.15, 0.2) is 5.76 Å². The van der Waals surface area contributed by atoms with Crippen LogP contribution in [0, 0.1) is 6.92 Å². The number of aliphatic hydroxyl groups excluding tert-OH is 1. The van der Waals surface area contributed by atoms with Gasteiger partial charge in [-0.1, -0.05) is 64.0 Å². The van der Waals surface area contributed by atoms with E-state index in [0.717, 1.165) is 26.9 Å². The smallest absolute Gasteiger partial charge is 0.290 e. The summed E-state index contributed by atoms with van der Waals surface area (Å²) in [5.41, 5.74) is 4.29. The maximum Gasteiger partial charge on any atom is 0.290 e. The van der Waals surface area contributed by atoms with Crippen molar-refractivity contribution < 1.29 is 9.90 Å². The molecule has 0 saturated heterocycles. The lowest BCUT2D eigenvalue weighted by atomic mass is 9.93. The molecule has 1 aromatic heterocycles. The highest BCUT2D eigenvalue weighted by molar-refractivity contribution is 9.10. The van der Waals surface area contributed by atoms with Crippen LogP contribution >= 0.6 is 15.9 Å². The first-order valence-corrected chi connectivity index (χ1v) is 9.80. The van der Waals surface area contributed by atoms with Gasteiger partial charge in [-0.25, -0.2) is 0 Å². The molecule has 2 heterocycles. The number of rotatable bonds is 4. The Labute approximate surface area is 172 Å². The average molecular weight is 435 g/mol. The zero-order valence-corrected chi connectivity index (χ0v) is 16.9. The molecule has 0 spiro atoms. The van der Waals surface area contributed by atoms with Gasteiger partial charge < -0.3 is 10.0 Å². The molecule has 1 N–H and O–H groups in total. The number of hydrogen-bond acceptors (Lipinski definition) is 3. The van der Waals surface area contributed by atoms with Crippen molar-refractivity contribution >= 4 is 27.4 Å². The van der Waals surface area contributed by atoms with Crippen LogP contribution in [-0.4, -0.2) is 20.9 Å². The summed E-state index contributed by atoms with van der Waals surface area (Å²) in [5.74, 6) is -0.587. The Morgan fingerprint density at radius 2 is 1.86 bits per heavy atom. The molecule has 4 rings (SSSR count). The van der Waals surface area contributed by atoms with E-state index in [9.17, 15) is 9.90 Å². The van der Waals surface area contributed by atoms with Crippen LogP contribution in [0.5, 0.6) is 0 Å². The summed E-state index contributed by atoms with van der Waals surface area (Å²) in [5, 5.41) is 10.8. The predicted octanol–water partition coefficient (Wildman–Crippen LogP) is 5.21. The molecule has 0 unspecified atom stereocenters. The standard InChI is InChI=1S/C23H19BrN2O2/c1-15-8-10-16(11-9-15)20-21(17-5-4-6-18(24)13-17)26(23(28)22(20)27)14-19-7-2-3-12-25-19/h2-13,21,27H,14H2,1H3/t21-/m0/s1. The fourth-order valence-electron chi connectivity index (χ4n) is 3.53. The van der Waals surface area contributed by atoms with Crippen LogP contribution in [0.15, 0.2) is 83.2 Å². The highest BCUT2D eigenvalue weighted by Crippen LogP contribution is 2.44. The fourth-order valence-corrected chi connectivity index (χ4v) is 3.95. The highest BCUT2D eigenvalue weighted by Gasteiger charge is 2.41. The van der Waals surface area contributed by atoms with Crippen molar-refractivity contribution in [3.63, 3.8) is 0 Å². The predicted molar refractivity (Wildman–Crippen MR) is 112 cm³/mol. The number of pyridine rings is 1. The number of carbonyl (C=O) groups excluding carboxylic acids is 1. The Kier molecular flexibility index (Phi) is 5.01. The van der Waals surface area contributed by atoms with E-state index in [1.807, 2.05) is 73.7 Å². The lowest BCUT2D eigenvalue weighted by Crippen LogP contribution is -2.30. The maximum absolute atomic E-state index is 13.0. The molecule has 2 aromatic carbocycles. The van der Waals surface area contributed by atoms with Crippen molar-refractivity contribution in [3.05, 3.63) is 106 Å². The van der Waals surface area contributed by atoms with E-state index in [4.69, 9.17) is 0 Å². The van der Waals surface area contributed by atoms with E-state index in [1.54, 1.807) is 11.1 Å². The molecule has 4 nitrogen and oxygen atoms in total. The molecular formula is C23H19BrN2O2. The quantitative estimate of drug-likeness (QED) is 0.613. The second-order valence-electron chi connectivity index (χ2n) is 6.84. The topological polar surface area (TPSA) is 53.4 Å². The normalized spacial score (nSPS) is 16.7. The van der Waals surface area contributed by atoms with E-state index >= 15 is 0 Å². The van der Waals surface area contributed by atoms with Crippen LogP contribution in [-0.2, 0) is 11.3 Å². The van der Waals surface area contributed by atoms with Crippen LogP contribution in [0.2, 0.25) is 0 Å². The van der Waals surface area contributed by atoms with Gasteiger partial charge in [-0.3, -0.25) is 9.78 Å². The summed E-state index contributed by atoms with van der Waals surface area (Å²) in [6.07, 6.45) is 1.71. The molecule has 3 aromatic rings. The number of hydrogen-bond donors (Lipinski definition) is 1. The monoisotopic (exact) mass is 434 g/mol. The number of halogens is 1. The SMILES string of the molecule is Cc1ccc(C2=C(O)C(=O)N(Cc3ccccn3)[C@H]2c2cccc(Br)c2)cc1. The van der Waals surface area contributed by atoms with E-state index in [0.29, 0.717) is 12.1 Å². The molecule has 0 bridgehead atoms. The third kappa shape index (κ3) is 3.45. The van der Waals surface area contributed by atoms with E-state index in [1.165, 1.54) is 0 Å². The minimum Gasteiger partial charge on any atom is -0.503 e. The van der Waals surface area contributed by atoms with Crippen LogP contribution < -0.4 is 0 Å². The molecule has 0 radical (unpaired) electrons. The summed E-state index contributed by atoms with van der Waals surface area (Å²) in [6.45, 7) is 2.33. The number of aliphatic hydroxyl groups is 1. The van der Waals surface area contributed by atoms with Gasteiger partial charge in [-0.05, 0) is 42.3 Å². The second kappa shape index (κ2) is 7.60. The minimum absolute atomic E-state index is 0.204. The lowest BCUT2D eigenvalue weighted by molar-refractivity contribution is -0.130. The van der Waals surface area contributed by atoms with Gasteiger partial charge in [-0.2, -0.15) is 0 Å². The van der Waals surface area contributed by atoms with E-state index in [2.05, 4.69) is 20.9 Å². The Balaban J connectivity index is 1.83. The second-order valence-corrected chi connectivity index (χ2v) is 7.76. The van der Waals surface area contributed by atoms with Crippen molar-refractivity contribution in [3.8, 4) is 0 Å². The number of benzene rings is 2. The van der Waals surface area contributed by atoms with E-state index < -0.39 is 6.04 Å². The summed E-state index contributed by atoms with van der Waals surface area (Å²) in [4.78, 5) is 19.0. The minimum atomic E-state index is -0.394. The zero-order valence-electron chi connectivity index (χ0n) is 15.3. The van der Waals surface area contributed by atoms with Crippen LogP contribution in [0.3, 0.4) is 0 Å². The number of nitrogens with zero attached hydrogens (tertiary/aromatic N) is 2. The van der Waals surface area contributed by atoms with Crippen molar-refractivity contribution in [1.29, 1.82) is 0 Å². The third-order valence-electron chi connectivity index (χ3n) is 4.89. The van der Waals surface area contributed by atoms with Crippen molar-refractivity contribution in [2.45, 2.75) is 19.5 Å². The molecule has 140 valence electrons. The molecule has 1 aliphatic heterocycles. The first-order valence-electron chi connectivity index (χ1n) is 9.01. The summed E-state index contributed by atoms with van der Waals surface area (Å²) in [7, 11) is 0. The van der Waals surface area contributed by atoms with Gasteiger partial charge in [0, 0.05) is 16.2 Å². The van der Waals surface area contributed by atoms with Crippen LogP contribution in [0.25, 0.3) is 5.57 Å². The molecular weight excluding hydrogens is 416 g/mol. The van der Waals surface area contributed by atoms with Gasteiger partial charge in [0.05, 0.1) is 18.3 Å². The summed E-state index contributed by atoms with van der Waals surface area (Å²) >= 11 is 3.52. The summed E-state index contributed by atoms with van der Waals surface area (Å²) in [6, 6.07) is 20.9. The van der Waals surface area contributed by atoms with Gasteiger partial charge >= 0.3 is 0 Å². The molecule has 1 atom stereocenters. The molecule has 0 saturated carbocycles. The first kappa shape index (κ1) is 18.4. The third-order valence-corrected chi connectivity index (χ3v) is 5.38. The van der Waals surface area contributed by atoms with Gasteiger partial charge in [0.25, 0.3) is 5.91 Å². The number of aryl methyl sites for hydroxylation is 1. The Bertz CT molecular complexity index is 1050. The summed E-state index contributed by atoms with van der Waals surface area (Å²) < 4.78 is 0.921. The van der Waals surface area contributed by atoms with Gasteiger partial charge in [0.2, 0.25) is 0 Å². The average Bonchev–Trinajstić information content (AvgIpc) is 2.94. The molecule has 1 amide bonds. The van der Waals surface area contributed by atoms with E-state index in [-0.39, 0.29) is 11.7 Å². The van der Waals surface area contributed by atoms with Gasteiger partial charge in [-0.15, -0.1) is 0 Å². The van der Waals surface area contributed by atoms with Crippen LogP contribution in [0.4, 0.5) is 0 Å². The number of aromatic nitrogens is 1. The van der Waals surface area contributed by atoms with Gasteiger partial charge in [0.1, 0.15) is 0 Å². The first-order chi connectivity index (χ1) is 13.5. The number of carbonyl (C=O) groups is 1. The fraction of sp³-hybridized carbons (Fsp3) is 0.130. The Morgan fingerprint density at radius 1 is 1.07 bits per heavy atom. The molecule has 1 aliphatic rings. The van der Waals surface area contributed by atoms with Crippen LogP contribution in [0.1, 0.15) is 28.4 Å². The zero-order chi connectivity index (χ0) is 19.7.